The van der Waals surface area contributed by atoms with Crippen molar-refractivity contribution >= 4 is 11.6 Å². The topological polar surface area (TPSA) is 96.9 Å². The number of hydrogen-bond acceptors (Lipinski definition) is 6. The van der Waals surface area contributed by atoms with Crippen LogP contribution in [0.1, 0.15) is 65.7 Å². The summed E-state index contributed by atoms with van der Waals surface area (Å²) < 4.78 is 47.9. The summed E-state index contributed by atoms with van der Waals surface area (Å²) in [7, 11) is 0. The third kappa shape index (κ3) is 4.76. The first-order chi connectivity index (χ1) is 17.9. The maximum absolute atomic E-state index is 14.1. The van der Waals surface area contributed by atoms with Crippen LogP contribution in [0.25, 0.3) is 0 Å². The lowest BCUT2D eigenvalue weighted by Crippen LogP contribution is -2.55. The second-order valence-electron chi connectivity index (χ2n) is 11.1. The Morgan fingerprint density at radius 3 is 2.55 bits per heavy atom. The number of ether oxygens (including phenoxy) is 1. The van der Waals surface area contributed by atoms with E-state index in [-0.39, 0.29) is 29.8 Å². The summed E-state index contributed by atoms with van der Waals surface area (Å²) in [4.78, 5) is 14.9. The molecule has 38 heavy (non-hydrogen) atoms. The summed E-state index contributed by atoms with van der Waals surface area (Å²) >= 11 is 0. The number of hydrazine groups is 1. The fraction of sp³-hybridized carbons (Fsp3) is 0.464. The van der Waals surface area contributed by atoms with Gasteiger partial charge in [-0.05, 0) is 74.1 Å². The van der Waals surface area contributed by atoms with E-state index in [2.05, 4.69) is 12.2 Å². The van der Waals surface area contributed by atoms with Crippen LogP contribution in [-0.2, 0) is 29.4 Å². The van der Waals surface area contributed by atoms with Crippen LogP contribution < -0.4 is 21.8 Å². The molecule has 1 saturated heterocycles. The Balaban J connectivity index is 1.44. The minimum absolute atomic E-state index is 0.0186. The van der Waals surface area contributed by atoms with E-state index in [4.69, 9.17) is 16.3 Å². The van der Waals surface area contributed by atoms with Gasteiger partial charge in [-0.1, -0.05) is 12.1 Å². The van der Waals surface area contributed by atoms with Crippen LogP contribution in [0.15, 0.2) is 48.3 Å². The highest BCUT2D eigenvalue weighted by atomic mass is 19.4. The van der Waals surface area contributed by atoms with Crippen molar-refractivity contribution in [3.8, 4) is 0 Å². The molecule has 2 aromatic rings. The molecule has 1 amide bonds. The largest absolute Gasteiger partial charge is 0.416 e. The standard InChI is InChI=1S/C28H34F3N5O2/c1-18(12-32)36(33)15-27(16-38-17-27)20-5-3-6-21(11-20)35-14-23-22(25(35)37)9-19(10-24(23)28(29,30)31)13-34-26(2)7-4-8-26/h3,5-6,9-12,34H,4,7-8,13-17,32-33H2,1-2H3/b18-12-. The molecule has 0 radical (unpaired) electrons. The van der Waals surface area contributed by atoms with Crippen molar-refractivity contribution in [3.63, 3.8) is 0 Å². The average molecular weight is 530 g/mol. The first kappa shape index (κ1) is 26.5. The number of anilines is 1. The van der Waals surface area contributed by atoms with Crippen molar-refractivity contribution in [1.29, 1.82) is 0 Å². The SMILES string of the molecule is C/C(=C/N)N(N)CC1(c2cccc(N3Cc4c(cc(CNC5(C)CCC5)cc4C(F)(F)F)C3=O)c2)COC1. The molecule has 7 nitrogen and oxygen atoms in total. The number of carbonyl (C=O) groups is 1. The summed E-state index contributed by atoms with van der Waals surface area (Å²) in [6, 6.07) is 10.1. The lowest BCUT2D eigenvalue weighted by atomic mass is 9.78. The van der Waals surface area contributed by atoms with Crippen molar-refractivity contribution in [1.82, 2.24) is 10.3 Å². The Labute approximate surface area is 220 Å². The van der Waals surface area contributed by atoms with Gasteiger partial charge in [-0.15, -0.1) is 0 Å². The number of allylic oxidation sites excluding steroid dienone is 1. The van der Waals surface area contributed by atoms with E-state index < -0.39 is 23.1 Å². The van der Waals surface area contributed by atoms with Crippen molar-refractivity contribution in [2.75, 3.05) is 24.7 Å². The maximum atomic E-state index is 14.1. The number of nitrogens with two attached hydrogens (primary N) is 2. The normalized spacial score (nSPS) is 20.1. The third-order valence-corrected chi connectivity index (χ3v) is 8.28. The molecule has 1 saturated carbocycles. The summed E-state index contributed by atoms with van der Waals surface area (Å²) in [5.41, 5.74) is 7.13. The molecule has 0 aromatic heterocycles. The number of halogens is 3. The summed E-state index contributed by atoms with van der Waals surface area (Å²) in [6.07, 6.45) is -0.0511. The highest BCUT2D eigenvalue weighted by Gasteiger charge is 2.44. The fourth-order valence-corrected chi connectivity index (χ4v) is 5.48. The van der Waals surface area contributed by atoms with Gasteiger partial charge in [0.1, 0.15) is 0 Å². The summed E-state index contributed by atoms with van der Waals surface area (Å²) in [6.45, 7) is 5.33. The van der Waals surface area contributed by atoms with Gasteiger partial charge in [-0.2, -0.15) is 13.2 Å². The van der Waals surface area contributed by atoms with Gasteiger partial charge >= 0.3 is 6.18 Å². The lowest BCUT2D eigenvalue weighted by molar-refractivity contribution is -0.138. The maximum Gasteiger partial charge on any atom is 0.416 e. The number of nitrogens with one attached hydrogen (secondary N) is 1. The highest BCUT2D eigenvalue weighted by Crippen LogP contribution is 2.41. The molecule has 2 aliphatic heterocycles. The number of carbonyl (C=O) groups excluding carboxylic acids is 1. The second-order valence-corrected chi connectivity index (χ2v) is 11.1. The number of amides is 1. The Bertz CT molecular complexity index is 1270. The van der Waals surface area contributed by atoms with E-state index in [0.29, 0.717) is 36.7 Å². The molecule has 2 aromatic carbocycles. The molecule has 2 heterocycles. The molecule has 0 bridgehead atoms. The van der Waals surface area contributed by atoms with Gasteiger partial charge in [0.2, 0.25) is 0 Å². The van der Waals surface area contributed by atoms with E-state index in [1.165, 1.54) is 17.2 Å². The number of nitrogens with zero attached hydrogens (tertiary/aromatic N) is 2. The molecule has 10 heteroatoms. The summed E-state index contributed by atoms with van der Waals surface area (Å²) in [5, 5.41) is 4.93. The van der Waals surface area contributed by atoms with Gasteiger partial charge in [0, 0.05) is 41.8 Å². The number of alkyl halides is 3. The van der Waals surface area contributed by atoms with E-state index in [0.717, 1.165) is 24.8 Å². The van der Waals surface area contributed by atoms with Crippen LogP contribution >= 0.6 is 0 Å². The second kappa shape index (κ2) is 9.59. The molecule has 0 spiro atoms. The molecule has 0 unspecified atom stereocenters. The van der Waals surface area contributed by atoms with Crippen LogP contribution in [-0.4, -0.2) is 36.2 Å². The Morgan fingerprint density at radius 2 is 1.97 bits per heavy atom. The predicted octanol–water partition coefficient (Wildman–Crippen LogP) is 4.16. The number of fused-ring (bicyclic) bond motifs is 1. The van der Waals surface area contributed by atoms with Crippen LogP contribution in [0, 0.1) is 0 Å². The van der Waals surface area contributed by atoms with Crippen LogP contribution in [0.3, 0.4) is 0 Å². The van der Waals surface area contributed by atoms with Gasteiger partial charge in [0.15, 0.2) is 0 Å². The zero-order chi connectivity index (χ0) is 27.3. The monoisotopic (exact) mass is 529 g/mol. The van der Waals surface area contributed by atoms with Crippen LogP contribution in [0.5, 0.6) is 0 Å². The smallest absolute Gasteiger partial charge is 0.403 e. The minimum Gasteiger partial charge on any atom is -0.403 e. The third-order valence-electron chi connectivity index (χ3n) is 8.28. The molecule has 2 fully saturated rings. The first-order valence-electron chi connectivity index (χ1n) is 12.8. The zero-order valence-electron chi connectivity index (χ0n) is 21.7. The molecule has 204 valence electrons. The van der Waals surface area contributed by atoms with Gasteiger partial charge in [0.05, 0.1) is 30.7 Å². The van der Waals surface area contributed by atoms with Gasteiger partial charge in [0.25, 0.3) is 5.91 Å². The Hall–Kier alpha value is -3.08. The van der Waals surface area contributed by atoms with Crippen molar-refractivity contribution in [3.05, 3.63) is 76.1 Å². The number of hydrogen-bond donors (Lipinski definition) is 3. The quantitative estimate of drug-likeness (QED) is 0.351. The molecular formula is C28H34F3N5O2. The van der Waals surface area contributed by atoms with E-state index in [1.807, 2.05) is 18.2 Å². The van der Waals surface area contributed by atoms with Crippen molar-refractivity contribution < 1.29 is 22.7 Å². The Kier molecular flexibility index (Phi) is 6.69. The number of benzene rings is 2. The molecule has 0 atom stereocenters. The highest BCUT2D eigenvalue weighted by molar-refractivity contribution is 6.10. The fourth-order valence-electron chi connectivity index (χ4n) is 5.48. The van der Waals surface area contributed by atoms with Crippen molar-refractivity contribution in [2.45, 2.75) is 63.3 Å². The van der Waals surface area contributed by atoms with E-state index >= 15 is 0 Å². The molecule has 5 N–H and O–H groups in total. The minimum atomic E-state index is -4.56. The molecule has 5 rings (SSSR count). The van der Waals surface area contributed by atoms with E-state index in [9.17, 15) is 18.0 Å². The van der Waals surface area contributed by atoms with Gasteiger partial charge < -0.3 is 25.7 Å². The average Bonchev–Trinajstić information content (AvgIpc) is 3.18. The molecule has 1 aliphatic carbocycles. The van der Waals surface area contributed by atoms with Crippen LogP contribution in [0.4, 0.5) is 18.9 Å². The van der Waals surface area contributed by atoms with Crippen LogP contribution in [0.2, 0.25) is 0 Å². The van der Waals surface area contributed by atoms with Gasteiger partial charge in [-0.3, -0.25) is 4.79 Å². The number of rotatable bonds is 8. The van der Waals surface area contributed by atoms with E-state index in [1.54, 1.807) is 24.1 Å². The molecular weight excluding hydrogens is 495 g/mol. The summed E-state index contributed by atoms with van der Waals surface area (Å²) in [5.74, 6) is 5.76. The lowest BCUT2D eigenvalue weighted by Gasteiger charge is -2.44. The predicted molar refractivity (Wildman–Crippen MR) is 139 cm³/mol. The Morgan fingerprint density at radius 1 is 1.24 bits per heavy atom. The molecule has 3 aliphatic rings. The van der Waals surface area contributed by atoms with Crippen molar-refractivity contribution in [2.24, 2.45) is 11.6 Å². The van der Waals surface area contributed by atoms with Gasteiger partial charge in [-0.25, -0.2) is 5.84 Å². The first-order valence-corrected chi connectivity index (χ1v) is 12.8. The zero-order valence-corrected chi connectivity index (χ0v) is 21.7.